The average Bonchev–Trinajstić information content (AvgIpc) is 2.64. The summed E-state index contributed by atoms with van der Waals surface area (Å²) in [7, 11) is 0. The highest BCUT2D eigenvalue weighted by atomic mass is 32.2. The van der Waals surface area contributed by atoms with Crippen molar-refractivity contribution in [2.75, 3.05) is 5.75 Å². The highest BCUT2D eigenvalue weighted by Crippen LogP contribution is 2.14. The van der Waals surface area contributed by atoms with Gasteiger partial charge in [0, 0.05) is 29.8 Å². The van der Waals surface area contributed by atoms with Crippen LogP contribution in [0.15, 0.2) is 11.6 Å². The van der Waals surface area contributed by atoms with Crippen molar-refractivity contribution in [3.05, 3.63) is 16.6 Å². The third-order valence-corrected chi connectivity index (χ3v) is 3.83. The van der Waals surface area contributed by atoms with Gasteiger partial charge in [-0.25, -0.2) is 4.98 Å². The molecule has 5 heteroatoms. The number of hydrogen-bond acceptors (Lipinski definition) is 5. The fraction of sp³-hybridized carbons (Fsp3) is 0.667. The van der Waals surface area contributed by atoms with Crippen molar-refractivity contribution >= 4 is 23.1 Å². The first-order valence-corrected chi connectivity index (χ1v) is 6.61. The summed E-state index contributed by atoms with van der Waals surface area (Å²) in [4.78, 5) is 4.24. The first-order valence-electron chi connectivity index (χ1n) is 4.68. The monoisotopic (exact) mass is 231 g/mol. The zero-order valence-corrected chi connectivity index (χ0v) is 10.2. The second kappa shape index (κ2) is 6.40. The van der Waals surface area contributed by atoms with Crippen LogP contribution in [0.3, 0.4) is 0 Å². The number of hydrazine groups is 1. The van der Waals surface area contributed by atoms with E-state index in [2.05, 4.69) is 24.3 Å². The molecule has 0 fully saturated rings. The molecule has 0 aliphatic heterocycles. The molecule has 0 aromatic carbocycles. The minimum absolute atomic E-state index is 0.327. The third kappa shape index (κ3) is 4.41. The summed E-state index contributed by atoms with van der Waals surface area (Å²) < 4.78 is 0. The Hall–Kier alpha value is -0.100. The van der Waals surface area contributed by atoms with E-state index >= 15 is 0 Å². The molecule has 1 unspecified atom stereocenters. The first kappa shape index (κ1) is 12.0. The van der Waals surface area contributed by atoms with E-state index in [1.165, 1.54) is 0 Å². The lowest BCUT2D eigenvalue weighted by Gasteiger charge is -2.15. The zero-order chi connectivity index (χ0) is 10.4. The van der Waals surface area contributed by atoms with E-state index < -0.39 is 0 Å². The van der Waals surface area contributed by atoms with E-state index in [0.717, 1.165) is 17.2 Å². The number of nitrogens with two attached hydrogens (primary N) is 1. The maximum Gasteiger partial charge on any atom is 0.0941 e. The van der Waals surface area contributed by atoms with Crippen LogP contribution < -0.4 is 11.3 Å². The molecule has 0 aliphatic carbocycles. The second-order valence-corrected chi connectivity index (χ2v) is 5.96. The van der Waals surface area contributed by atoms with E-state index in [4.69, 9.17) is 5.84 Å². The third-order valence-electron chi connectivity index (χ3n) is 1.77. The van der Waals surface area contributed by atoms with Gasteiger partial charge in [-0.3, -0.25) is 11.3 Å². The molecule has 0 radical (unpaired) electrons. The van der Waals surface area contributed by atoms with Crippen molar-refractivity contribution in [3.63, 3.8) is 0 Å². The Balaban J connectivity index is 2.32. The molecule has 0 saturated heterocycles. The van der Waals surface area contributed by atoms with Gasteiger partial charge in [-0.1, -0.05) is 13.8 Å². The summed E-state index contributed by atoms with van der Waals surface area (Å²) in [5.74, 6) is 6.52. The fourth-order valence-corrected chi connectivity index (χ4v) is 2.57. The molecule has 3 nitrogen and oxygen atoms in total. The molecule has 0 amide bonds. The van der Waals surface area contributed by atoms with Gasteiger partial charge < -0.3 is 0 Å². The lowest BCUT2D eigenvalue weighted by atomic mass is 10.2. The molecule has 0 bridgehead atoms. The number of rotatable bonds is 6. The van der Waals surface area contributed by atoms with Crippen molar-refractivity contribution in [2.24, 2.45) is 5.84 Å². The van der Waals surface area contributed by atoms with Crippen LogP contribution in [0.1, 0.15) is 18.9 Å². The van der Waals surface area contributed by atoms with Crippen molar-refractivity contribution in [1.82, 2.24) is 10.4 Å². The zero-order valence-electron chi connectivity index (χ0n) is 8.56. The summed E-state index contributed by atoms with van der Waals surface area (Å²) in [6, 6.07) is 0.327. The van der Waals surface area contributed by atoms with Crippen LogP contribution in [-0.4, -0.2) is 22.0 Å². The average molecular weight is 231 g/mol. The van der Waals surface area contributed by atoms with Crippen molar-refractivity contribution in [3.8, 4) is 0 Å². The molecule has 1 rings (SSSR count). The van der Waals surface area contributed by atoms with E-state index in [0.29, 0.717) is 11.3 Å². The second-order valence-electron chi connectivity index (χ2n) is 3.38. The molecule has 0 saturated carbocycles. The highest BCUT2D eigenvalue weighted by molar-refractivity contribution is 7.99. The Labute approximate surface area is 93.5 Å². The molecule has 1 aromatic heterocycles. The number of thiazole rings is 1. The van der Waals surface area contributed by atoms with Gasteiger partial charge in [-0.05, 0) is 5.25 Å². The van der Waals surface area contributed by atoms with Gasteiger partial charge in [-0.2, -0.15) is 11.8 Å². The van der Waals surface area contributed by atoms with Crippen LogP contribution in [0, 0.1) is 0 Å². The topological polar surface area (TPSA) is 50.9 Å². The lowest BCUT2D eigenvalue weighted by Crippen LogP contribution is -2.38. The summed E-state index contributed by atoms with van der Waals surface area (Å²) >= 11 is 3.61. The van der Waals surface area contributed by atoms with E-state index in [-0.39, 0.29) is 0 Å². The van der Waals surface area contributed by atoms with Crippen LogP contribution >= 0.6 is 23.1 Å². The first-order chi connectivity index (χ1) is 6.72. The van der Waals surface area contributed by atoms with Gasteiger partial charge in [-0.15, -0.1) is 11.3 Å². The Kier molecular flexibility index (Phi) is 5.47. The molecular formula is C9H17N3S2. The summed E-state index contributed by atoms with van der Waals surface area (Å²) in [5.41, 5.74) is 2.84. The largest absolute Gasteiger partial charge is 0.271 e. The van der Waals surface area contributed by atoms with Crippen LogP contribution in [0.4, 0.5) is 0 Å². The van der Waals surface area contributed by atoms with Crippen LogP contribution in [-0.2, 0) is 6.42 Å². The maximum absolute atomic E-state index is 5.49. The molecule has 1 atom stereocenters. The van der Waals surface area contributed by atoms with Gasteiger partial charge >= 0.3 is 0 Å². The Morgan fingerprint density at radius 2 is 2.43 bits per heavy atom. The van der Waals surface area contributed by atoms with Gasteiger partial charge in [0.1, 0.15) is 0 Å². The molecule has 1 heterocycles. The Bertz CT molecular complexity index is 236. The maximum atomic E-state index is 5.49. The van der Waals surface area contributed by atoms with Crippen LogP contribution in [0.2, 0.25) is 0 Å². The molecule has 1 aromatic rings. The minimum Gasteiger partial charge on any atom is -0.271 e. The quantitative estimate of drug-likeness (QED) is 0.577. The number of thioether (sulfide) groups is 1. The molecule has 14 heavy (non-hydrogen) atoms. The standard InChI is InChI=1S/C9H17N3S2/c1-7(2)14-6-8(12-10)5-9-11-3-4-13-9/h3-4,7-8,12H,5-6,10H2,1-2H3. The van der Waals surface area contributed by atoms with Gasteiger partial charge in [0.15, 0.2) is 0 Å². The van der Waals surface area contributed by atoms with E-state index in [9.17, 15) is 0 Å². The summed E-state index contributed by atoms with van der Waals surface area (Å²) in [6.45, 7) is 4.39. The van der Waals surface area contributed by atoms with Crippen LogP contribution in [0.25, 0.3) is 0 Å². The molecule has 0 aliphatic rings. The number of nitrogens with zero attached hydrogens (tertiary/aromatic N) is 1. The summed E-state index contributed by atoms with van der Waals surface area (Å²) in [5, 5.41) is 3.80. The van der Waals surface area contributed by atoms with Gasteiger partial charge in [0.05, 0.1) is 5.01 Å². The predicted octanol–water partition coefficient (Wildman–Crippen LogP) is 1.66. The fourth-order valence-electron chi connectivity index (χ4n) is 1.04. The molecule has 3 N–H and O–H groups in total. The van der Waals surface area contributed by atoms with Crippen LogP contribution in [0.5, 0.6) is 0 Å². The lowest BCUT2D eigenvalue weighted by molar-refractivity contribution is 0.573. The van der Waals surface area contributed by atoms with Crippen molar-refractivity contribution in [2.45, 2.75) is 31.6 Å². The van der Waals surface area contributed by atoms with E-state index in [1.807, 2.05) is 23.3 Å². The molecule has 0 spiro atoms. The predicted molar refractivity (Wildman–Crippen MR) is 64.5 cm³/mol. The Morgan fingerprint density at radius 1 is 1.64 bits per heavy atom. The number of nitrogens with one attached hydrogen (secondary N) is 1. The highest BCUT2D eigenvalue weighted by Gasteiger charge is 2.10. The van der Waals surface area contributed by atoms with E-state index in [1.54, 1.807) is 11.3 Å². The number of aromatic nitrogens is 1. The summed E-state index contributed by atoms with van der Waals surface area (Å²) in [6.07, 6.45) is 2.76. The van der Waals surface area contributed by atoms with Crippen molar-refractivity contribution in [1.29, 1.82) is 0 Å². The molecular weight excluding hydrogens is 214 g/mol. The van der Waals surface area contributed by atoms with Crippen molar-refractivity contribution < 1.29 is 0 Å². The normalized spacial score (nSPS) is 13.4. The SMILES string of the molecule is CC(C)SCC(Cc1nccs1)NN. The Morgan fingerprint density at radius 3 is 2.93 bits per heavy atom. The van der Waals surface area contributed by atoms with Gasteiger partial charge in [0.25, 0.3) is 0 Å². The molecule has 80 valence electrons. The smallest absolute Gasteiger partial charge is 0.0941 e. The van der Waals surface area contributed by atoms with Gasteiger partial charge in [0.2, 0.25) is 0 Å². The minimum atomic E-state index is 0.327. The number of hydrogen-bond donors (Lipinski definition) is 2.